The van der Waals surface area contributed by atoms with Crippen LogP contribution in [0.1, 0.15) is 5.56 Å². The summed E-state index contributed by atoms with van der Waals surface area (Å²) in [4.78, 5) is 8.66. The fourth-order valence-corrected chi connectivity index (χ4v) is 3.31. The number of fused-ring (bicyclic) bond motifs is 1. The molecule has 8 nitrogen and oxygen atoms in total. The van der Waals surface area contributed by atoms with E-state index in [1.165, 1.54) is 6.07 Å². The third kappa shape index (κ3) is 3.12. The van der Waals surface area contributed by atoms with Crippen LogP contribution in [0, 0.1) is 5.82 Å². The number of benzene rings is 2. The third-order valence-corrected chi connectivity index (χ3v) is 4.77. The van der Waals surface area contributed by atoms with Crippen molar-refractivity contribution in [2.24, 2.45) is 0 Å². The van der Waals surface area contributed by atoms with E-state index in [9.17, 15) is 4.39 Å². The van der Waals surface area contributed by atoms with E-state index in [0.29, 0.717) is 28.1 Å². The van der Waals surface area contributed by atoms with Gasteiger partial charge in [-0.05, 0) is 18.2 Å². The van der Waals surface area contributed by atoms with Gasteiger partial charge in [0.1, 0.15) is 5.82 Å². The number of nitrogen functional groups attached to an aromatic ring is 2. The van der Waals surface area contributed by atoms with Crippen molar-refractivity contribution in [2.75, 3.05) is 11.5 Å². The highest BCUT2D eigenvalue weighted by Gasteiger charge is 2.16. The van der Waals surface area contributed by atoms with Gasteiger partial charge in [0, 0.05) is 23.0 Å². The van der Waals surface area contributed by atoms with Crippen molar-refractivity contribution in [3.05, 3.63) is 78.4 Å². The van der Waals surface area contributed by atoms with Crippen molar-refractivity contribution in [1.29, 1.82) is 0 Å². The maximum atomic E-state index is 14.2. The molecule has 0 aliphatic carbocycles. The lowest BCUT2D eigenvalue weighted by Gasteiger charge is -2.07. The summed E-state index contributed by atoms with van der Waals surface area (Å²) < 4.78 is 17.5. The molecule has 0 bridgehead atoms. The summed E-state index contributed by atoms with van der Waals surface area (Å²) in [5, 5.41) is 9.64. The lowest BCUT2D eigenvalue weighted by Crippen LogP contribution is -2.08. The molecule has 2 aromatic carbocycles. The number of aromatic nitrogens is 6. The number of nitrogens with zero attached hydrogens (tertiary/aromatic N) is 6. The predicted molar refractivity (Wildman–Crippen MR) is 112 cm³/mol. The summed E-state index contributed by atoms with van der Waals surface area (Å²) >= 11 is 0. The van der Waals surface area contributed by atoms with Gasteiger partial charge in [-0.3, -0.25) is 0 Å². The van der Waals surface area contributed by atoms with Crippen molar-refractivity contribution in [3.63, 3.8) is 0 Å². The predicted octanol–water partition coefficient (Wildman–Crippen LogP) is 3.03. The molecule has 9 heteroatoms. The van der Waals surface area contributed by atoms with Gasteiger partial charge in [-0.25, -0.2) is 13.8 Å². The van der Waals surface area contributed by atoms with Crippen molar-refractivity contribution in [1.82, 2.24) is 29.5 Å². The van der Waals surface area contributed by atoms with Gasteiger partial charge >= 0.3 is 0 Å². The zero-order chi connectivity index (χ0) is 20.7. The number of rotatable bonds is 4. The zero-order valence-electron chi connectivity index (χ0n) is 15.8. The van der Waals surface area contributed by atoms with E-state index in [0.717, 1.165) is 11.3 Å². The molecule has 3 heterocycles. The van der Waals surface area contributed by atoms with Crippen molar-refractivity contribution >= 4 is 22.7 Å². The van der Waals surface area contributed by atoms with Crippen LogP contribution < -0.4 is 11.5 Å². The lowest BCUT2D eigenvalue weighted by molar-refractivity contribution is 0.590. The number of halogens is 1. The first-order valence-electron chi connectivity index (χ1n) is 9.23. The summed E-state index contributed by atoms with van der Waals surface area (Å²) in [7, 11) is 0. The second-order valence-corrected chi connectivity index (χ2v) is 6.81. The maximum Gasteiger partial charge on any atom is 0.224 e. The normalized spacial score (nSPS) is 11.2. The Bertz CT molecular complexity index is 1360. The molecule has 0 radical (unpaired) electrons. The SMILES string of the molecule is Nc1ccc(Cn2ncc3c(-n4ccc(-c5ccccc5)n4)nc(N)nc32)c(F)c1. The van der Waals surface area contributed by atoms with Gasteiger partial charge < -0.3 is 11.5 Å². The quantitative estimate of drug-likeness (QED) is 0.448. The molecule has 0 saturated carbocycles. The Kier molecular flexibility index (Phi) is 4.13. The van der Waals surface area contributed by atoms with Gasteiger partial charge in [-0.15, -0.1) is 0 Å². The molecule has 5 rings (SSSR count). The molecule has 30 heavy (non-hydrogen) atoms. The van der Waals surface area contributed by atoms with Crippen LogP contribution in [-0.4, -0.2) is 29.5 Å². The summed E-state index contributed by atoms with van der Waals surface area (Å²) in [6.45, 7) is 0.180. The monoisotopic (exact) mass is 400 g/mol. The van der Waals surface area contributed by atoms with Crippen LogP contribution in [0.4, 0.5) is 16.0 Å². The minimum absolute atomic E-state index is 0.0776. The molecule has 0 unspecified atom stereocenters. The second kappa shape index (κ2) is 6.96. The van der Waals surface area contributed by atoms with Gasteiger partial charge in [0.25, 0.3) is 0 Å². The Balaban J connectivity index is 1.57. The molecular weight excluding hydrogens is 383 g/mol. The molecule has 3 aromatic heterocycles. The largest absolute Gasteiger partial charge is 0.399 e. The smallest absolute Gasteiger partial charge is 0.224 e. The van der Waals surface area contributed by atoms with Gasteiger partial charge in [0.2, 0.25) is 5.95 Å². The molecule has 148 valence electrons. The standard InChI is InChI=1S/C21H17FN8/c22-17-10-15(23)7-6-14(17)12-30-20-16(11-25-30)19(26-21(24)27-20)29-9-8-18(28-29)13-4-2-1-3-5-13/h1-11H,12,23H2,(H2,24,26,27). The molecule has 0 saturated heterocycles. The molecule has 5 aromatic rings. The van der Waals surface area contributed by atoms with Crippen LogP contribution in [0.5, 0.6) is 0 Å². The van der Waals surface area contributed by atoms with Crippen LogP contribution in [0.25, 0.3) is 28.1 Å². The second-order valence-electron chi connectivity index (χ2n) is 6.81. The highest BCUT2D eigenvalue weighted by atomic mass is 19.1. The molecular formula is C21H17FN8. The van der Waals surface area contributed by atoms with Crippen LogP contribution in [0.3, 0.4) is 0 Å². The average Bonchev–Trinajstić information content (AvgIpc) is 3.38. The molecule has 0 fully saturated rings. The maximum absolute atomic E-state index is 14.2. The Morgan fingerprint density at radius 1 is 0.967 bits per heavy atom. The van der Waals surface area contributed by atoms with Crippen LogP contribution in [-0.2, 0) is 6.54 Å². The summed E-state index contributed by atoms with van der Waals surface area (Å²) in [5.41, 5.74) is 14.7. The number of anilines is 2. The topological polar surface area (TPSA) is 113 Å². The van der Waals surface area contributed by atoms with E-state index in [1.807, 2.05) is 36.4 Å². The molecule has 4 N–H and O–H groups in total. The molecule has 0 atom stereocenters. The first kappa shape index (κ1) is 17.8. The van der Waals surface area contributed by atoms with E-state index in [1.54, 1.807) is 33.9 Å². The zero-order valence-corrected chi connectivity index (χ0v) is 15.8. The van der Waals surface area contributed by atoms with E-state index < -0.39 is 5.82 Å². The lowest BCUT2D eigenvalue weighted by atomic mass is 10.2. The van der Waals surface area contributed by atoms with E-state index in [4.69, 9.17) is 11.5 Å². The highest BCUT2D eigenvalue weighted by molar-refractivity contribution is 5.83. The fourth-order valence-electron chi connectivity index (χ4n) is 3.31. The highest BCUT2D eigenvalue weighted by Crippen LogP contribution is 2.23. The van der Waals surface area contributed by atoms with Crippen LogP contribution in [0.15, 0.2) is 67.0 Å². The average molecular weight is 400 g/mol. The van der Waals surface area contributed by atoms with Gasteiger partial charge in [-0.2, -0.15) is 20.2 Å². The summed E-state index contributed by atoms with van der Waals surface area (Å²) in [5.74, 6) is 0.179. The Hall–Kier alpha value is -4.27. The minimum Gasteiger partial charge on any atom is -0.399 e. The summed E-state index contributed by atoms with van der Waals surface area (Å²) in [6.07, 6.45) is 3.43. The van der Waals surface area contributed by atoms with E-state index in [-0.39, 0.29) is 12.5 Å². The molecule has 0 aliphatic rings. The van der Waals surface area contributed by atoms with Crippen molar-refractivity contribution < 1.29 is 4.39 Å². The van der Waals surface area contributed by atoms with Gasteiger partial charge in [0.05, 0.1) is 23.8 Å². The van der Waals surface area contributed by atoms with Crippen LogP contribution >= 0.6 is 0 Å². The summed E-state index contributed by atoms with van der Waals surface area (Å²) in [6, 6.07) is 16.3. The number of hydrogen-bond acceptors (Lipinski definition) is 6. The Morgan fingerprint density at radius 2 is 1.80 bits per heavy atom. The molecule has 0 amide bonds. The fraction of sp³-hybridized carbons (Fsp3) is 0.0476. The number of hydrogen-bond donors (Lipinski definition) is 2. The first-order chi connectivity index (χ1) is 14.6. The van der Waals surface area contributed by atoms with E-state index >= 15 is 0 Å². The number of nitrogens with two attached hydrogens (primary N) is 2. The third-order valence-electron chi connectivity index (χ3n) is 4.77. The van der Waals surface area contributed by atoms with Gasteiger partial charge in [0.15, 0.2) is 11.5 Å². The van der Waals surface area contributed by atoms with Crippen molar-refractivity contribution in [3.8, 4) is 17.1 Å². The van der Waals surface area contributed by atoms with Crippen molar-refractivity contribution in [2.45, 2.75) is 6.54 Å². The van der Waals surface area contributed by atoms with E-state index in [2.05, 4.69) is 20.2 Å². The van der Waals surface area contributed by atoms with Gasteiger partial charge in [-0.1, -0.05) is 36.4 Å². The Labute approximate surface area is 170 Å². The molecule has 0 spiro atoms. The van der Waals surface area contributed by atoms with Crippen LogP contribution in [0.2, 0.25) is 0 Å². The first-order valence-corrected chi connectivity index (χ1v) is 9.23. The minimum atomic E-state index is -0.402. The Morgan fingerprint density at radius 3 is 2.60 bits per heavy atom. The molecule has 0 aliphatic heterocycles.